The van der Waals surface area contributed by atoms with Gasteiger partial charge in [-0.3, -0.25) is 4.98 Å². The maximum atomic E-state index is 5.14. The molecule has 0 aliphatic carbocycles. The van der Waals surface area contributed by atoms with Crippen LogP contribution in [-0.2, 0) is 0 Å². The fourth-order valence-electron chi connectivity index (χ4n) is 5.60. The van der Waals surface area contributed by atoms with Crippen LogP contribution in [0.2, 0.25) is 0 Å². The summed E-state index contributed by atoms with van der Waals surface area (Å²) in [6.45, 7) is 0. The van der Waals surface area contributed by atoms with Crippen LogP contribution in [0.3, 0.4) is 0 Å². The molecule has 0 fully saturated rings. The van der Waals surface area contributed by atoms with E-state index in [1.54, 1.807) is 12.4 Å². The van der Waals surface area contributed by atoms with Gasteiger partial charge in [0.05, 0.1) is 22.8 Å². The number of rotatable bonds is 7. The quantitative estimate of drug-likeness (QED) is 0.177. The van der Waals surface area contributed by atoms with E-state index in [1.165, 1.54) is 0 Å². The Balaban J connectivity index is 1.36. The van der Waals surface area contributed by atoms with E-state index in [1.807, 2.05) is 109 Å². The Morgan fingerprint density at radius 3 is 0.896 bits per heavy atom. The Bertz CT molecular complexity index is 2050. The Hall–Kier alpha value is -6.66. The first-order valence-corrected chi connectivity index (χ1v) is 15.7. The van der Waals surface area contributed by atoms with Gasteiger partial charge in [0.15, 0.2) is 17.5 Å². The number of benzene rings is 4. The fraction of sp³-hybridized carbons (Fsp3) is 0. The zero-order valence-electron chi connectivity index (χ0n) is 25.8. The molecule has 8 aromatic rings. The molecule has 0 atom stereocenters. The Labute approximate surface area is 278 Å². The van der Waals surface area contributed by atoms with Crippen LogP contribution in [0.4, 0.5) is 0 Å². The predicted octanol–water partition coefficient (Wildman–Crippen LogP) is 9.73. The second-order valence-corrected chi connectivity index (χ2v) is 11.3. The number of hydrogen-bond acceptors (Lipinski definition) is 6. The topological polar surface area (TPSA) is 77.3 Å². The third kappa shape index (κ3) is 6.10. The molecule has 0 aliphatic heterocycles. The maximum absolute atomic E-state index is 5.14. The van der Waals surface area contributed by atoms with Gasteiger partial charge in [0.2, 0.25) is 0 Å². The van der Waals surface area contributed by atoms with Crippen molar-refractivity contribution in [1.29, 1.82) is 0 Å². The minimum atomic E-state index is 0.529. The molecule has 8 rings (SSSR count). The number of hydrogen-bond donors (Lipinski definition) is 0. The highest BCUT2D eigenvalue weighted by atomic mass is 15.0. The first-order chi connectivity index (χ1) is 23.8. The molecule has 6 heteroatoms. The van der Waals surface area contributed by atoms with Crippen LogP contribution < -0.4 is 0 Å². The van der Waals surface area contributed by atoms with Gasteiger partial charge in [0.25, 0.3) is 0 Å². The van der Waals surface area contributed by atoms with Crippen LogP contribution in [0.5, 0.6) is 0 Å². The molecule has 0 saturated heterocycles. The molecule has 6 nitrogen and oxygen atoms in total. The molecule has 0 bridgehead atoms. The third-order valence-electron chi connectivity index (χ3n) is 8.00. The van der Waals surface area contributed by atoms with Crippen LogP contribution in [0.1, 0.15) is 0 Å². The first kappa shape index (κ1) is 28.8. The minimum Gasteiger partial charge on any atom is -0.264 e. The van der Waals surface area contributed by atoms with Gasteiger partial charge in [-0.1, -0.05) is 121 Å². The van der Waals surface area contributed by atoms with Crippen LogP contribution >= 0.6 is 0 Å². The van der Waals surface area contributed by atoms with Crippen LogP contribution in [0.25, 0.3) is 79.2 Å². The van der Waals surface area contributed by atoms with Gasteiger partial charge in [-0.15, -0.1) is 0 Å². The Kier molecular flexibility index (Phi) is 7.79. The lowest BCUT2D eigenvalue weighted by Crippen LogP contribution is -2.02. The van der Waals surface area contributed by atoms with E-state index in [-0.39, 0.29) is 0 Å². The van der Waals surface area contributed by atoms with Gasteiger partial charge in [0, 0.05) is 51.3 Å². The molecule has 0 unspecified atom stereocenters. The third-order valence-corrected chi connectivity index (χ3v) is 8.00. The highest BCUT2D eigenvalue weighted by Crippen LogP contribution is 2.33. The van der Waals surface area contributed by atoms with Crippen molar-refractivity contribution in [2.75, 3.05) is 0 Å². The number of nitrogens with zero attached hydrogens (tertiary/aromatic N) is 6. The van der Waals surface area contributed by atoms with Crippen molar-refractivity contribution in [3.63, 3.8) is 0 Å². The Morgan fingerprint density at radius 1 is 0.271 bits per heavy atom. The molecule has 4 aromatic heterocycles. The van der Waals surface area contributed by atoms with E-state index in [4.69, 9.17) is 24.9 Å². The van der Waals surface area contributed by atoms with E-state index in [0.717, 1.165) is 61.7 Å². The molecule has 0 aliphatic rings. The summed E-state index contributed by atoms with van der Waals surface area (Å²) >= 11 is 0. The molecule has 0 saturated carbocycles. The van der Waals surface area contributed by atoms with Gasteiger partial charge < -0.3 is 0 Å². The molecular formula is C42H28N6. The first-order valence-electron chi connectivity index (χ1n) is 15.7. The molecule has 0 amide bonds. The van der Waals surface area contributed by atoms with Crippen LogP contribution in [-0.4, -0.2) is 29.9 Å². The van der Waals surface area contributed by atoms with Crippen molar-refractivity contribution in [2.45, 2.75) is 0 Å². The van der Waals surface area contributed by atoms with Gasteiger partial charge in [-0.2, -0.15) is 0 Å². The van der Waals surface area contributed by atoms with Gasteiger partial charge >= 0.3 is 0 Å². The van der Waals surface area contributed by atoms with Crippen molar-refractivity contribution in [1.82, 2.24) is 29.9 Å². The monoisotopic (exact) mass is 616 g/mol. The number of aromatic nitrogens is 6. The second-order valence-electron chi connectivity index (χ2n) is 11.3. The average Bonchev–Trinajstić information content (AvgIpc) is 3.19. The highest BCUT2D eigenvalue weighted by molar-refractivity contribution is 5.78. The standard InChI is InChI=1S/C42H28N6/c1-5-14-29(15-6-1)36-24-34(25-37(44-36)30-16-7-2-8-17-30)41-46-40(33-22-13-23-43-28-33)47-42(48-41)35-26-38(31-18-9-3-10-19-31)45-39(27-35)32-20-11-4-12-21-32/h1-28H. The predicted molar refractivity (Wildman–Crippen MR) is 191 cm³/mol. The summed E-state index contributed by atoms with van der Waals surface area (Å²) in [5.41, 5.74) is 9.81. The van der Waals surface area contributed by atoms with E-state index >= 15 is 0 Å². The summed E-state index contributed by atoms with van der Waals surface area (Å²) in [5.74, 6) is 1.60. The zero-order chi connectivity index (χ0) is 32.1. The van der Waals surface area contributed by atoms with Gasteiger partial charge in [-0.05, 0) is 36.4 Å². The lowest BCUT2D eigenvalue weighted by molar-refractivity contribution is 1.07. The van der Waals surface area contributed by atoms with Crippen molar-refractivity contribution < 1.29 is 0 Å². The summed E-state index contributed by atoms with van der Waals surface area (Å²) in [5, 5.41) is 0. The Morgan fingerprint density at radius 2 is 0.583 bits per heavy atom. The van der Waals surface area contributed by atoms with E-state index in [2.05, 4.69) is 53.5 Å². The highest BCUT2D eigenvalue weighted by Gasteiger charge is 2.17. The van der Waals surface area contributed by atoms with E-state index in [0.29, 0.717) is 17.5 Å². The summed E-state index contributed by atoms with van der Waals surface area (Å²) < 4.78 is 0. The van der Waals surface area contributed by atoms with E-state index in [9.17, 15) is 0 Å². The molecular weight excluding hydrogens is 589 g/mol. The lowest BCUT2D eigenvalue weighted by atomic mass is 10.0. The summed E-state index contributed by atoms with van der Waals surface area (Å²) in [6.07, 6.45) is 3.52. The average molecular weight is 617 g/mol. The molecule has 0 spiro atoms. The molecule has 0 N–H and O–H groups in total. The SMILES string of the molecule is c1ccc(-c2cc(-c3nc(-c4cccnc4)nc(-c4cc(-c5ccccc5)nc(-c5ccccc5)c4)n3)cc(-c3ccccc3)n2)cc1. The fourth-order valence-corrected chi connectivity index (χ4v) is 5.60. The number of pyridine rings is 3. The van der Waals surface area contributed by atoms with Crippen molar-refractivity contribution in [3.8, 4) is 79.2 Å². The van der Waals surface area contributed by atoms with Crippen LogP contribution in [0.15, 0.2) is 170 Å². The van der Waals surface area contributed by atoms with Crippen molar-refractivity contribution in [2.24, 2.45) is 0 Å². The summed E-state index contributed by atoms with van der Waals surface area (Å²) in [7, 11) is 0. The van der Waals surface area contributed by atoms with E-state index < -0.39 is 0 Å². The van der Waals surface area contributed by atoms with Gasteiger partial charge in [0.1, 0.15) is 0 Å². The summed E-state index contributed by atoms with van der Waals surface area (Å²) in [6, 6.07) is 52.7. The second kappa shape index (κ2) is 13.0. The molecule has 4 heterocycles. The molecule has 226 valence electrons. The normalized spacial score (nSPS) is 10.9. The lowest BCUT2D eigenvalue weighted by Gasteiger charge is -2.13. The molecule has 4 aromatic carbocycles. The smallest absolute Gasteiger partial charge is 0.165 e. The zero-order valence-corrected chi connectivity index (χ0v) is 25.8. The molecule has 0 radical (unpaired) electrons. The van der Waals surface area contributed by atoms with Gasteiger partial charge in [-0.25, -0.2) is 24.9 Å². The maximum Gasteiger partial charge on any atom is 0.165 e. The largest absolute Gasteiger partial charge is 0.264 e. The van der Waals surface area contributed by atoms with Crippen molar-refractivity contribution in [3.05, 3.63) is 170 Å². The summed E-state index contributed by atoms with van der Waals surface area (Å²) in [4.78, 5) is 29.7. The minimum absolute atomic E-state index is 0.529. The molecule has 48 heavy (non-hydrogen) atoms. The van der Waals surface area contributed by atoms with Crippen molar-refractivity contribution >= 4 is 0 Å². The van der Waals surface area contributed by atoms with Crippen LogP contribution in [0, 0.1) is 0 Å².